The largest absolute Gasteiger partial charge is 0.550 e. The van der Waals surface area contributed by atoms with E-state index in [-0.39, 0.29) is 12.5 Å². The smallest absolute Gasteiger partial charge is 0.205 e. The normalized spacial score (nSPS) is 10.8. The van der Waals surface area contributed by atoms with Crippen LogP contribution in [0.25, 0.3) is 0 Å². The van der Waals surface area contributed by atoms with E-state index in [9.17, 15) is 9.90 Å². The second kappa shape index (κ2) is 7.17. The number of carbonyl (C=O) groups excluding carboxylic acids is 1. The summed E-state index contributed by atoms with van der Waals surface area (Å²) >= 11 is 1.31. The van der Waals surface area contributed by atoms with E-state index in [1.807, 2.05) is 49.1 Å². The van der Waals surface area contributed by atoms with Crippen LogP contribution in [0.1, 0.15) is 31.7 Å². The molecule has 1 aromatic heterocycles. The number of carboxylic acid groups (broad SMARTS) is 1. The summed E-state index contributed by atoms with van der Waals surface area (Å²) in [4.78, 5) is 17.1. The second-order valence-electron chi connectivity index (χ2n) is 5.06. The van der Waals surface area contributed by atoms with Gasteiger partial charge in [-0.1, -0.05) is 30.3 Å². The van der Waals surface area contributed by atoms with Crippen molar-refractivity contribution in [1.82, 2.24) is 9.36 Å². The Morgan fingerprint density at radius 1 is 1.33 bits per heavy atom. The molecule has 0 atom stereocenters. The van der Waals surface area contributed by atoms with Crippen LogP contribution in [0.15, 0.2) is 30.3 Å². The number of anilines is 1. The van der Waals surface area contributed by atoms with Crippen LogP contribution in [0.2, 0.25) is 0 Å². The van der Waals surface area contributed by atoms with E-state index in [0.717, 1.165) is 16.5 Å². The summed E-state index contributed by atoms with van der Waals surface area (Å²) in [5.74, 6) is -0.282. The molecule has 1 aromatic carbocycles. The van der Waals surface area contributed by atoms with Gasteiger partial charge in [-0.2, -0.15) is 4.37 Å². The number of rotatable bonds is 7. The Bertz CT molecular complexity index is 584. The Kier molecular flexibility index (Phi) is 5.27. The highest BCUT2D eigenvalue weighted by Gasteiger charge is 2.15. The lowest BCUT2D eigenvalue weighted by Crippen LogP contribution is -2.35. The highest BCUT2D eigenvalue weighted by Crippen LogP contribution is 2.21. The van der Waals surface area contributed by atoms with Crippen molar-refractivity contribution in [2.45, 2.75) is 32.7 Å². The monoisotopic (exact) mass is 304 g/mol. The van der Waals surface area contributed by atoms with Crippen molar-refractivity contribution in [3.8, 4) is 0 Å². The number of nitrogens with zero attached hydrogens (tertiary/aromatic N) is 3. The van der Waals surface area contributed by atoms with Gasteiger partial charge in [-0.05, 0) is 19.4 Å². The standard InChI is InChI=1S/C15H19N3O2S/c1-11(2)18(9-8-14(19)20)15-16-13(17-21-15)10-12-6-4-3-5-7-12/h3-7,11H,8-10H2,1-2H3,(H,19,20)/p-1. The molecule has 2 aromatic rings. The van der Waals surface area contributed by atoms with Crippen molar-refractivity contribution >= 4 is 22.6 Å². The summed E-state index contributed by atoms with van der Waals surface area (Å²) in [6, 6.07) is 10.2. The van der Waals surface area contributed by atoms with E-state index in [4.69, 9.17) is 0 Å². The highest BCUT2D eigenvalue weighted by molar-refractivity contribution is 7.09. The first-order valence-electron chi connectivity index (χ1n) is 6.89. The summed E-state index contributed by atoms with van der Waals surface area (Å²) in [5.41, 5.74) is 1.16. The van der Waals surface area contributed by atoms with Gasteiger partial charge >= 0.3 is 0 Å². The molecule has 21 heavy (non-hydrogen) atoms. The molecule has 0 unspecified atom stereocenters. The van der Waals surface area contributed by atoms with Crippen molar-refractivity contribution in [2.75, 3.05) is 11.4 Å². The van der Waals surface area contributed by atoms with Gasteiger partial charge in [0, 0.05) is 42.9 Å². The molecule has 0 aliphatic rings. The first kappa shape index (κ1) is 15.4. The third kappa shape index (κ3) is 4.53. The van der Waals surface area contributed by atoms with E-state index < -0.39 is 5.97 Å². The Morgan fingerprint density at radius 2 is 2.05 bits per heavy atom. The summed E-state index contributed by atoms with van der Waals surface area (Å²) in [6.07, 6.45) is 0.676. The van der Waals surface area contributed by atoms with E-state index >= 15 is 0 Å². The maximum absolute atomic E-state index is 10.6. The maximum atomic E-state index is 10.6. The highest BCUT2D eigenvalue weighted by atomic mass is 32.1. The number of carboxylic acids is 1. The number of benzene rings is 1. The molecule has 0 N–H and O–H groups in total. The molecule has 2 rings (SSSR count). The first-order chi connectivity index (χ1) is 10.1. The van der Waals surface area contributed by atoms with Gasteiger partial charge in [-0.25, -0.2) is 4.98 Å². The molecule has 0 radical (unpaired) electrons. The number of aromatic nitrogens is 2. The quantitative estimate of drug-likeness (QED) is 0.775. The zero-order valence-electron chi connectivity index (χ0n) is 12.2. The van der Waals surface area contributed by atoms with Crippen LogP contribution >= 0.6 is 11.5 Å². The Hall–Kier alpha value is -1.95. The average Bonchev–Trinajstić information content (AvgIpc) is 2.87. The van der Waals surface area contributed by atoms with E-state index in [1.54, 1.807) is 0 Å². The fourth-order valence-electron chi connectivity index (χ4n) is 2.00. The van der Waals surface area contributed by atoms with Crippen molar-refractivity contribution < 1.29 is 9.90 Å². The second-order valence-corrected chi connectivity index (χ2v) is 5.80. The van der Waals surface area contributed by atoms with Gasteiger partial charge in [0.15, 0.2) is 0 Å². The number of hydrogen-bond donors (Lipinski definition) is 0. The third-order valence-corrected chi connectivity index (χ3v) is 3.88. The molecule has 0 spiro atoms. The zero-order chi connectivity index (χ0) is 15.2. The van der Waals surface area contributed by atoms with Gasteiger partial charge in [0.1, 0.15) is 5.82 Å². The van der Waals surface area contributed by atoms with Crippen molar-refractivity contribution in [2.24, 2.45) is 0 Å². The molecule has 0 amide bonds. The topological polar surface area (TPSA) is 69.2 Å². The Morgan fingerprint density at radius 3 is 2.67 bits per heavy atom. The summed E-state index contributed by atoms with van der Waals surface area (Å²) in [7, 11) is 0. The fourth-order valence-corrected chi connectivity index (χ4v) is 2.84. The number of carbonyl (C=O) groups is 1. The Labute approximate surface area is 128 Å². The van der Waals surface area contributed by atoms with Gasteiger partial charge in [-0.3, -0.25) is 0 Å². The number of hydrogen-bond acceptors (Lipinski definition) is 6. The molecule has 6 heteroatoms. The van der Waals surface area contributed by atoms with Crippen LogP contribution in [0.5, 0.6) is 0 Å². The minimum absolute atomic E-state index is 0.00816. The fraction of sp³-hybridized carbons (Fsp3) is 0.400. The summed E-state index contributed by atoms with van der Waals surface area (Å²) < 4.78 is 4.37. The SMILES string of the molecule is CC(C)N(CCC(=O)[O-])c1nc(Cc2ccccc2)ns1. The molecule has 0 saturated heterocycles. The van der Waals surface area contributed by atoms with Crippen LogP contribution < -0.4 is 10.0 Å². The molecule has 5 nitrogen and oxygen atoms in total. The van der Waals surface area contributed by atoms with Crippen LogP contribution in [0.4, 0.5) is 5.13 Å². The maximum Gasteiger partial charge on any atom is 0.205 e. The van der Waals surface area contributed by atoms with Crippen molar-refractivity contribution in [1.29, 1.82) is 0 Å². The van der Waals surface area contributed by atoms with E-state index in [2.05, 4.69) is 9.36 Å². The van der Waals surface area contributed by atoms with Gasteiger partial charge in [0.2, 0.25) is 5.13 Å². The van der Waals surface area contributed by atoms with E-state index in [0.29, 0.717) is 13.0 Å². The average molecular weight is 304 g/mol. The summed E-state index contributed by atoms with van der Waals surface area (Å²) in [5, 5.41) is 11.4. The molecule has 0 saturated carbocycles. The molecular formula is C15H18N3O2S-. The molecule has 1 heterocycles. The lowest BCUT2D eigenvalue weighted by Gasteiger charge is -2.25. The minimum Gasteiger partial charge on any atom is -0.550 e. The summed E-state index contributed by atoms with van der Waals surface area (Å²) in [6.45, 7) is 4.40. The molecule has 0 aliphatic carbocycles. The lowest BCUT2D eigenvalue weighted by atomic mass is 10.1. The minimum atomic E-state index is -1.05. The van der Waals surface area contributed by atoms with Gasteiger partial charge in [0.05, 0.1) is 0 Å². The first-order valence-corrected chi connectivity index (χ1v) is 7.66. The molecular weight excluding hydrogens is 286 g/mol. The molecule has 0 bridgehead atoms. The molecule has 112 valence electrons. The molecule has 0 fully saturated rings. The number of aliphatic carboxylic acids is 1. The van der Waals surface area contributed by atoms with Crippen LogP contribution in [-0.4, -0.2) is 27.9 Å². The zero-order valence-corrected chi connectivity index (χ0v) is 13.0. The predicted molar refractivity (Wildman–Crippen MR) is 81.3 cm³/mol. The van der Waals surface area contributed by atoms with Crippen LogP contribution in [0, 0.1) is 0 Å². The lowest BCUT2D eigenvalue weighted by molar-refractivity contribution is -0.305. The molecule has 0 aliphatic heterocycles. The van der Waals surface area contributed by atoms with E-state index in [1.165, 1.54) is 11.5 Å². The predicted octanol–water partition coefficient (Wildman–Crippen LogP) is 1.48. The third-order valence-electron chi connectivity index (χ3n) is 3.09. The van der Waals surface area contributed by atoms with Crippen LogP contribution in [0.3, 0.4) is 0 Å². The van der Waals surface area contributed by atoms with Gasteiger partial charge in [0.25, 0.3) is 0 Å². The van der Waals surface area contributed by atoms with Crippen molar-refractivity contribution in [3.63, 3.8) is 0 Å². The van der Waals surface area contributed by atoms with Crippen LogP contribution in [-0.2, 0) is 11.2 Å². The Balaban J connectivity index is 2.07. The van der Waals surface area contributed by atoms with Gasteiger partial charge in [-0.15, -0.1) is 0 Å². The van der Waals surface area contributed by atoms with Gasteiger partial charge < -0.3 is 14.8 Å². The van der Waals surface area contributed by atoms with Crippen molar-refractivity contribution in [3.05, 3.63) is 41.7 Å².